The fourth-order valence-corrected chi connectivity index (χ4v) is 4.86. The summed E-state index contributed by atoms with van der Waals surface area (Å²) in [5.74, 6) is -1.60. The maximum Gasteiger partial charge on any atom is 0.407 e. The minimum atomic E-state index is -1.06. The average molecular weight is 465 g/mol. The summed E-state index contributed by atoms with van der Waals surface area (Å²) in [5.41, 5.74) is 4.52. The van der Waals surface area contributed by atoms with Crippen LogP contribution in [0.1, 0.15) is 62.5 Å². The lowest BCUT2D eigenvalue weighted by Gasteiger charge is -2.33. The Morgan fingerprint density at radius 2 is 1.62 bits per heavy atom. The average Bonchev–Trinajstić information content (AvgIpc) is 3.12. The molecule has 2 aliphatic rings. The van der Waals surface area contributed by atoms with Crippen LogP contribution >= 0.6 is 0 Å². The normalized spacial score (nSPS) is 16.5. The largest absolute Gasteiger partial charge is 0.480 e. The van der Waals surface area contributed by atoms with Gasteiger partial charge in [0, 0.05) is 5.92 Å². The second-order valence-corrected chi connectivity index (χ2v) is 9.18. The molecule has 1 saturated carbocycles. The minimum absolute atomic E-state index is 0.0129. The number of alkyl carbamates (subject to hydrolysis) is 1. The van der Waals surface area contributed by atoms with Crippen molar-refractivity contribution in [3.05, 3.63) is 59.7 Å². The van der Waals surface area contributed by atoms with E-state index in [-0.39, 0.29) is 18.4 Å². The van der Waals surface area contributed by atoms with Crippen LogP contribution in [0.5, 0.6) is 0 Å². The van der Waals surface area contributed by atoms with Gasteiger partial charge in [0.05, 0.1) is 0 Å². The van der Waals surface area contributed by atoms with Gasteiger partial charge in [0.25, 0.3) is 0 Å². The molecule has 2 atom stereocenters. The molecule has 2 amide bonds. The van der Waals surface area contributed by atoms with E-state index in [4.69, 9.17) is 4.74 Å². The summed E-state index contributed by atoms with van der Waals surface area (Å²) < 4.78 is 5.61. The van der Waals surface area contributed by atoms with Crippen LogP contribution in [0.4, 0.5) is 4.79 Å². The second kappa shape index (κ2) is 10.7. The van der Waals surface area contributed by atoms with E-state index in [9.17, 15) is 19.5 Å². The molecule has 180 valence electrons. The minimum Gasteiger partial charge on any atom is -0.480 e. The van der Waals surface area contributed by atoms with Crippen LogP contribution in [0.15, 0.2) is 48.5 Å². The van der Waals surface area contributed by atoms with E-state index in [0.717, 1.165) is 47.9 Å². The summed E-state index contributed by atoms with van der Waals surface area (Å²) in [7, 11) is 0. The van der Waals surface area contributed by atoms with Gasteiger partial charge in [-0.2, -0.15) is 0 Å². The molecule has 0 radical (unpaired) electrons. The number of fused-ring (bicyclic) bond motifs is 3. The van der Waals surface area contributed by atoms with Crippen molar-refractivity contribution in [2.24, 2.45) is 5.92 Å². The Labute approximate surface area is 199 Å². The Bertz CT molecular complexity index is 1000. The molecule has 34 heavy (non-hydrogen) atoms. The SMILES string of the molecule is CCCC[C@H](NC(=O)C(NC(=O)OCC1c2ccccc2-c2ccccc21)C1CCC1)C(=O)O. The number of unbranched alkanes of at least 4 members (excludes halogenated alkanes) is 1. The summed E-state index contributed by atoms with van der Waals surface area (Å²) >= 11 is 0. The zero-order valence-corrected chi connectivity index (χ0v) is 19.5. The van der Waals surface area contributed by atoms with E-state index in [0.29, 0.717) is 12.8 Å². The number of hydrogen-bond acceptors (Lipinski definition) is 4. The number of hydrogen-bond donors (Lipinski definition) is 3. The van der Waals surface area contributed by atoms with Crippen molar-refractivity contribution in [2.75, 3.05) is 6.61 Å². The van der Waals surface area contributed by atoms with Gasteiger partial charge in [-0.05, 0) is 47.4 Å². The maximum atomic E-state index is 12.9. The molecule has 0 aromatic heterocycles. The van der Waals surface area contributed by atoms with Crippen LogP contribution in [-0.4, -0.2) is 41.8 Å². The van der Waals surface area contributed by atoms with Crippen molar-refractivity contribution in [1.29, 1.82) is 0 Å². The number of carboxylic acid groups (broad SMARTS) is 1. The summed E-state index contributed by atoms with van der Waals surface area (Å²) in [5, 5.41) is 14.8. The quantitative estimate of drug-likeness (QED) is 0.482. The third-order valence-corrected chi connectivity index (χ3v) is 6.98. The lowest BCUT2D eigenvalue weighted by molar-refractivity contribution is -0.142. The van der Waals surface area contributed by atoms with Crippen LogP contribution in [0.25, 0.3) is 11.1 Å². The van der Waals surface area contributed by atoms with E-state index in [2.05, 4.69) is 22.8 Å². The van der Waals surface area contributed by atoms with E-state index in [1.807, 2.05) is 43.3 Å². The lowest BCUT2D eigenvalue weighted by atomic mass is 9.79. The standard InChI is InChI=1S/C27H32N2O5/c1-2-3-15-23(26(31)32)28-25(30)24(17-9-8-10-17)29-27(33)34-16-22-20-13-6-4-11-18(20)19-12-5-7-14-21(19)22/h4-7,11-14,17,22-24H,2-3,8-10,15-16H2,1H3,(H,28,30)(H,29,33)(H,31,32)/t23-,24?/m0/s1. The molecular formula is C27H32N2O5. The predicted octanol–water partition coefficient (Wildman–Crippen LogP) is 4.45. The molecule has 7 nitrogen and oxygen atoms in total. The molecule has 0 bridgehead atoms. The smallest absolute Gasteiger partial charge is 0.407 e. The molecule has 0 spiro atoms. The van der Waals surface area contributed by atoms with Gasteiger partial charge in [0.1, 0.15) is 18.7 Å². The van der Waals surface area contributed by atoms with E-state index < -0.39 is 30.1 Å². The number of nitrogens with one attached hydrogen (secondary N) is 2. The zero-order valence-electron chi connectivity index (χ0n) is 19.5. The topological polar surface area (TPSA) is 105 Å². The monoisotopic (exact) mass is 464 g/mol. The highest BCUT2D eigenvalue weighted by Crippen LogP contribution is 2.44. The molecule has 2 aliphatic carbocycles. The van der Waals surface area contributed by atoms with Gasteiger partial charge in [-0.15, -0.1) is 0 Å². The van der Waals surface area contributed by atoms with Gasteiger partial charge < -0.3 is 20.5 Å². The van der Waals surface area contributed by atoms with Crippen molar-refractivity contribution in [3.63, 3.8) is 0 Å². The number of carbonyl (C=O) groups is 3. The molecule has 1 unspecified atom stereocenters. The van der Waals surface area contributed by atoms with Gasteiger partial charge in [0.15, 0.2) is 0 Å². The van der Waals surface area contributed by atoms with E-state index in [1.165, 1.54) is 0 Å². The van der Waals surface area contributed by atoms with E-state index >= 15 is 0 Å². The number of amides is 2. The summed E-state index contributed by atoms with van der Waals surface area (Å²) in [6.07, 6.45) is 3.85. The molecule has 0 saturated heterocycles. The van der Waals surface area contributed by atoms with Crippen molar-refractivity contribution >= 4 is 18.0 Å². The van der Waals surface area contributed by atoms with Gasteiger partial charge in [0.2, 0.25) is 5.91 Å². The van der Waals surface area contributed by atoms with E-state index in [1.54, 1.807) is 0 Å². The molecule has 2 aromatic rings. The zero-order chi connectivity index (χ0) is 24.1. The molecule has 4 rings (SSSR count). The highest BCUT2D eigenvalue weighted by molar-refractivity contribution is 5.89. The molecule has 0 heterocycles. The first-order chi connectivity index (χ1) is 16.5. The van der Waals surface area contributed by atoms with Gasteiger partial charge in [-0.3, -0.25) is 4.79 Å². The highest BCUT2D eigenvalue weighted by Gasteiger charge is 2.36. The maximum absolute atomic E-state index is 12.9. The first-order valence-electron chi connectivity index (χ1n) is 12.1. The number of aliphatic carboxylic acids is 1. The van der Waals surface area contributed by atoms with Crippen LogP contribution < -0.4 is 10.6 Å². The first-order valence-corrected chi connectivity index (χ1v) is 12.1. The summed E-state index contributed by atoms with van der Waals surface area (Å²) in [6, 6.07) is 14.4. The Balaban J connectivity index is 1.40. The lowest BCUT2D eigenvalue weighted by Crippen LogP contribution is -2.55. The summed E-state index contributed by atoms with van der Waals surface area (Å²) in [6.45, 7) is 2.13. The molecule has 2 aromatic carbocycles. The fourth-order valence-electron chi connectivity index (χ4n) is 4.86. The van der Waals surface area contributed by atoms with Crippen LogP contribution in [0.3, 0.4) is 0 Å². The van der Waals surface area contributed by atoms with Crippen molar-refractivity contribution in [2.45, 2.75) is 63.5 Å². The Kier molecular flexibility index (Phi) is 7.50. The van der Waals surface area contributed by atoms with Crippen molar-refractivity contribution in [1.82, 2.24) is 10.6 Å². The number of rotatable bonds is 10. The molecule has 3 N–H and O–H groups in total. The Morgan fingerprint density at radius 1 is 1.00 bits per heavy atom. The number of ether oxygens (including phenoxy) is 1. The number of carboxylic acids is 1. The van der Waals surface area contributed by atoms with Gasteiger partial charge in [-0.25, -0.2) is 9.59 Å². The highest BCUT2D eigenvalue weighted by atomic mass is 16.5. The van der Waals surface area contributed by atoms with Gasteiger partial charge >= 0.3 is 12.1 Å². The first kappa shape index (κ1) is 23.8. The molecule has 1 fully saturated rings. The van der Waals surface area contributed by atoms with Gasteiger partial charge in [-0.1, -0.05) is 74.7 Å². The van der Waals surface area contributed by atoms with Crippen LogP contribution in [0, 0.1) is 5.92 Å². The Hall–Kier alpha value is -3.35. The second-order valence-electron chi connectivity index (χ2n) is 9.18. The van der Waals surface area contributed by atoms with Crippen molar-refractivity contribution < 1.29 is 24.2 Å². The third kappa shape index (κ3) is 5.08. The van der Waals surface area contributed by atoms with Crippen LogP contribution in [-0.2, 0) is 14.3 Å². The predicted molar refractivity (Wildman–Crippen MR) is 128 cm³/mol. The molecule has 7 heteroatoms. The Morgan fingerprint density at radius 3 is 2.15 bits per heavy atom. The van der Waals surface area contributed by atoms with Crippen LogP contribution in [0.2, 0.25) is 0 Å². The fraction of sp³-hybridized carbons (Fsp3) is 0.444. The van der Waals surface area contributed by atoms with Crippen molar-refractivity contribution in [3.8, 4) is 11.1 Å². The molecule has 0 aliphatic heterocycles. The number of benzene rings is 2. The third-order valence-electron chi connectivity index (χ3n) is 6.98. The number of carbonyl (C=O) groups excluding carboxylic acids is 2. The molecular weight excluding hydrogens is 432 g/mol. The summed E-state index contributed by atoms with van der Waals surface area (Å²) in [4.78, 5) is 37.2.